The van der Waals surface area contributed by atoms with Crippen LogP contribution in [0, 0.1) is 5.92 Å². The molecule has 0 amide bonds. The molecule has 5 heteroatoms. The Morgan fingerprint density at radius 3 is 2.84 bits per heavy atom. The molecule has 130 valence electrons. The van der Waals surface area contributed by atoms with Gasteiger partial charge in [0.05, 0.1) is 12.7 Å². The van der Waals surface area contributed by atoms with Crippen LogP contribution in [0.5, 0.6) is 0 Å². The van der Waals surface area contributed by atoms with Crippen molar-refractivity contribution < 1.29 is 9.53 Å². The van der Waals surface area contributed by atoms with Gasteiger partial charge in [-0.1, -0.05) is 18.2 Å². The molecule has 1 aromatic carbocycles. The first-order chi connectivity index (χ1) is 12.1. The number of nitrogens with zero attached hydrogens (tertiary/aromatic N) is 2. The Hall–Kier alpha value is -2.40. The highest BCUT2D eigenvalue weighted by Gasteiger charge is 2.34. The molecule has 1 saturated heterocycles. The van der Waals surface area contributed by atoms with Gasteiger partial charge in [-0.15, -0.1) is 0 Å². The predicted molar refractivity (Wildman–Crippen MR) is 94.6 cm³/mol. The molecule has 2 aliphatic rings. The van der Waals surface area contributed by atoms with Crippen LogP contribution in [0.3, 0.4) is 0 Å². The smallest absolute Gasteiger partial charge is 0.337 e. The van der Waals surface area contributed by atoms with E-state index in [9.17, 15) is 9.59 Å². The van der Waals surface area contributed by atoms with Crippen LogP contribution in [0.2, 0.25) is 0 Å². The second-order valence-corrected chi connectivity index (χ2v) is 7.08. The van der Waals surface area contributed by atoms with E-state index in [-0.39, 0.29) is 11.5 Å². The van der Waals surface area contributed by atoms with Gasteiger partial charge in [-0.05, 0) is 36.1 Å². The van der Waals surface area contributed by atoms with Gasteiger partial charge in [-0.3, -0.25) is 9.69 Å². The summed E-state index contributed by atoms with van der Waals surface area (Å²) in [6, 6.07) is 13.3. The standard InChI is InChI=1S/C20H22N2O3/c1-25-20(24)16-5-2-4-14(8-16)10-21-11-15-9-17(13-21)18-6-3-7-19(23)22(18)12-15/h2-8,15,17H,9-13H2,1H3/t15-,17-/m0/s1. The van der Waals surface area contributed by atoms with E-state index in [4.69, 9.17) is 4.74 Å². The van der Waals surface area contributed by atoms with Gasteiger partial charge >= 0.3 is 5.97 Å². The van der Waals surface area contributed by atoms with Gasteiger partial charge in [0.1, 0.15) is 0 Å². The van der Waals surface area contributed by atoms with Crippen LogP contribution in [0.1, 0.15) is 34.0 Å². The molecule has 2 aliphatic heterocycles. The highest BCUT2D eigenvalue weighted by atomic mass is 16.5. The second-order valence-electron chi connectivity index (χ2n) is 7.08. The Morgan fingerprint density at radius 2 is 2.00 bits per heavy atom. The average Bonchev–Trinajstić information content (AvgIpc) is 2.62. The maximum atomic E-state index is 12.1. The topological polar surface area (TPSA) is 51.5 Å². The van der Waals surface area contributed by atoms with Crippen LogP contribution in [0.25, 0.3) is 0 Å². The third-order valence-corrected chi connectivity index (χ3v) is 5.31. The highest BCUT2D eigenvalue weighted by molar-refractivity contribution is 5.89. The largest absolute Gasteiger partial charge is 0.465 e. The molecular formula is C20H22N2O3. The maximum absolute atomic E-state index is 12.1. The highest BCUT2D eigenvalue weighted by Crippen LogP contribution is 2.35. The van der Waals surface area contributed by atoms with Crippen molar-refractivity contribution in [2.24, 2.45) is 5.92 Å². The number of fused-ring (bicyclic) bond motifs is 4. The summed E-state index contributed by atoms with van der Waals surface area (Å²) in [6.07, 6.45) is 1.15. The molecule has 3 heterocycles. The van der Waals surface area contributed by atoms with E-state index in [1.807, 2.05) is 22.8 Å². The van der Waals surface area contributed by atoms with Crippen molar-refractivity contribution in [3.63, 3.8) is 0 Å². The normalized spacial score (nSPS) is 22.3. The minimum atomic E-state index is -0.300. The number of benzene rings is 1. The van der Waals surface area contributed by atoms with Crippen molar-refractivity contribution in [1.29, 1.82) is 0 Å². The first-order valence-electron chi connectivity index (χ1n) is 8.73. The zero-order valence-electron chi connectivity index (χ0n) is 14.4. The molecule has 5 nitrogen and oxygen atoms in total. The van der Waals surface area contributed by atoms with E-state index in [1.54, 1.807) is 12.1 Å². The summed E-state index contributed by atoms with van der Waals surface area (Å²) in [5.41, 5.74) is 2.99. The third-order valence-electron chi connectivity index (χ3n) is 5.31. The number of pyridine rings is 1. The van der Waals surface area contributed by atoms with E-state index in [0.29, 0.717) is 17.4 Å². The lowest BCUT2D eigenvalue weighted by molar-refractivity contribution is 0.0600. The number of rotatable bonds is 3. The lowest BCUT2D eigenvalue weighted by Crippen LogP contribution is -2.46. The van der Waals surface area contributed by atoms with Gasteiger partial charge < -0.3 is 9.30 Å². The fourth-order valence-electron chi connectivity index (χ4n) is 4.30. The van der Waals surface area contributed by atoms with Crippen LogP contribution in [0.15, 0.2) is 47.3 Å². The summed E-state index contributed by atoms with van der Waals surface area (Å²) in [4.78, 5) is 26.3. The molecule has 2 bridgehead atoms. The molecule has 25 heavy (non-hydrogen) atoms. The third kappa shape index (κ3) is 3.12. The molecule has 0 unspecified atom stereocenters. The van der Waals surface area contributed by atoms with Gasteiger partial charge in [0, 0.05) is 43.9 Å². The Morgan fingerprint density at radius 1 is 1.16 bits per heavy atom. The van der Waals surface area contributed by atoms with E-state index in [1.165, 1.54) is 7.11 Å². The molecule has 0 saturated carbocycles. The zero-order chi connectivity index (χ0) is 17.4. The van der Waals surface area contributed by atoms with E-state index < -0.39 is 0 Å². The molecule has 0 spiro atoms. The van der Waals surface area contributed by atoms with E-state index >= 15 is 0 Å². The number of methoxy groups -OCH3 is 1. The van der Waals surface area contributed by atoms with Gasteiger partial charge in [-0.2, -0.15) is 0 Å². The first-order valence-corrected chi connectivity index (χ1v) is 8.73. The number of carbonyl (C=O) groups excluding carboxylic acids is 1. The fourth-order valence-corrected chi connectivity index (χ4v) is 4.30. The minimum Gasteiger partial charge on any atom is -0.465 e. The van der Waals surface area contributed by atoms with Crippen molar-refractivity contribution in [2.45, 2.75) is 25.4 Å². The van der Waals surface area contributed by atoms with Gasteiger partial charge in [0.2, 0.25) is 0 Å². The predicted octanol–water partition coefficient (Wildman–Crippen LogP) is 2.25. The molecule has 4 rings (SSSR count). The van der Waals surface area contributed by atoms with Crippen molar-refractivity contribution >= 4 is 5.97 Å². The number of ether oxygens (including phenoxy) is 1. The maximum Gasteiger partial charge on any atom is 0.337 e. The van der Waals surface area contributed by atoms with E-state index in [2.05, 4.69) is 17.0 Å². The lowest BCUT2D eigenvalue weighted by atomic mass is 9.83. The number of hydrogen-bond acceptors (Lipinski definition) is 4. The summed E-state index contributed by atoms with van der Waals surface area (Å²) in [6.45, 7) is 3.56. The minimum absolute atomic E-state index is 0.117. The summed E-state index contributed by atoms with van der Waals surface area (Å²) < 4.78 is 6.76. The molecule has 1 aromatic heterocycles. The van der Waals surface area contributed by atoms with Crippen molar-refractivity contribution in [3.05, 3.63) is 69.6 Å². The van der Waals surface area contributed by atoms with Crippen LogP contribution >= 0.6 is 0 Å². The van der Waals surface area contributed by atoms with Gasteiger partial charge in [0.25, 0.3) is 5.56 Å². The number of likely N-dealkylation sites (tertiary alicyclic amines) is 1. The van der Waals surface area contributed by atoms with Crippen LogP contribution < -0.4 is 5.56 Å². The average molecular weight is 338 g/mol. The quantitative estimate of drug-likeness (QED) is 0.806. The SMILES string of the molecule is COC(=O)c1cccc(CN2C[C@@H]3C[C@@H](C2)c2cccc(=O)n2C3)c1. The number of esters is 1. The van der Waals surface area contributed by atoms with Gasteiger partial charge in [-0.25, -0.2) is 4.79 Å². The van der Waals surface area contributed by atoms with Crippen LogP contribution in [0.4, 0.5) is 0 Å². The molecule has 0 N–H and O–H groups in total. The van der Waals surface area contributed by atoms with Crippen LogP contribution in [-0.4, -0.2) is 35.6 Å². The Balaban J connectivity index is 1.53. The van der Waals surface area contributed by atoms with Gasteiger partial charge in [0.15, 0.2) is 0 Å². The van der Waals surface area contributed by atoms with Crippen molar-refractivity contribution in [3.8, 4) is 0 Å². The monoisotopic (exact) mass is 338 g/mol. The number of carbonyl (C=O) groups is 1. The molecule has 0 aliphatic carbocycles. The fraction of sp³-hybridized carbons (Fsp3) is 0.400. The van der Waals surface area contributed by atoms with E-state index in [0.717, 1.165) is 43.9 Å². The molecular weight excluding hydrogens is 316 g/mol. The Bertz CT molecular complexity index is 858. The van der Waals surface area contributed by atoms with Crippen molar-refractivity contribution in [2.75, 3.05) is 20.2 Å². The van der Waals surface area contributed by atoms with Crippen LogP contribution in [-0.2, 0) is 17.8 Å². The van der Waals surface area contributed by atoms with Crippen molar-refractivity contribution in [1.82, 2.24) is 9.47 Å². The number of aromatic nitrogens is 1. The summed E-state index contributed by atoms with van der Waals surface area (Å²) in [5.74, 6) is 0.617. The summed E-state index contributed by atoms with van der Waals surface area (Å²) in [5, 5.41) is 0. The Labute approximate surface area is 146 Å². The summed E-state index contributed by atoms with van der Waals surface area (Å²) >= 11 is 0. The zero-order valence-corrected chi connectivity index (χ0v) is 14.4. The number of hydrogen-bond donors (Lipinski definition) is 0. The summed E-state index contributed by atoms with van der Waals surface area (Å²) in [7, 11) is 1.40. The molecule has 2 atom stereocenters. The number of piperidine rings is 1. The lowest BCUT2D eigenvalue weighted by Gasteiger charge is -2.42. The Kier molecular flexibility index (Phi) is 4.17. The molecule has 1 fully saturated rings. The molecule has 0 radical (unpaired) electrons. The molecule has 2 aromatic rings. The second kappa shape index (κ2) is 6.48. The first kappa shape index (κ1) is 16.1.